The molecule has 0 saturated carbocycles. The Morgan fingerprint density at radius 2 is 1.81 bits per heavy atom. The standard InChI is InChI=1S/C18H20N2S/c1-13-5-6-16(11-18(13)20-12-14(2)21-4)15-7-9-17(19-3)10-8-15/h5-12,19H,2H2,1,3-4H3. The SMILES string of the molecule is C=C(C=Nc1cc(-c2ccc(NC)cc2)ccc1C)SC. The molecule has 0 atom stereocenters. The Kier molecular flexibility index (Phi) is 5.23. The van der Waals surface area contributed by atoms with Crippen LogP contribution in [-0.2, 0) is 0 Å². The minimum absolute atomic E-state index is 0.957. The molecule has 21 heavy (non-hydrogen) atoms. The van der Waals surface area contributed by atoms with E-state index in [1.807, 2.05) is 19.5 Å². The van der Waals surface area contributed by atoms with Crippen molar-refractivity contribution < 1.29 is 0 Å². The van der Waals surface area contributed by atoms with Crippen molar-refractivity contribution in [1.29, 1.82) is 0 Å². The molecule has 0 bridgehead atoms. The zero-order chi connectivity index (χ0) is 15.2. The molecule has 0 aliphatic rings. The molecule has 0 heterocycles. The van der Waals surface area contributed by atoms with Crippen LogP contribution in [0.5, 0.6) is 0 Å². The van der Waals surface area contributed by atoms with Gasteiger partial charge in [0, 0.05) is 23.9 Å². The highest BCUT2D eigenvalue weighted by Gasteiger charge is 2.02. The summed E-state index contributed by atoms with van der Waals surface area (Å²) in [6, 6.07) is 14.7. The van der Waals surface area contributed by atoms with Gasteiger partial charge in [0.15, 0.2) is 0 Å². The van der Waals surface area contributed by atoms with Crippen LogP contribution in [-0.4, -0.2) is 19.5 Å². The van der Waals surface area contributed by atoms with Crippen LogP contribution in [0, 0.1) is 6.92 Å². The van der Waals surface area contributed by atoms with Crippen molar-refractivity contribution >= 4 is 29.4 Å². The quantitative estimate of drug-likeness (QED) is 0.759. The van der Waals surface area contributed by atoms with Crippen LogP contribution < -0.4 is 5.32 Å². The molecule has 0 aromatic heterocycles. The predicted molar refractivity (Wildman–Crippen MR) is 97.0 cm³/mol. The lowest BCUT2D eigenvalue weighted by Crippen LogP contribution is -1.87. The average molecular weight is 296 g/mol. The Labute approximate surface area is 131 Å². The molecule has 0 saturated heterocycles. The van der Waals surface area contributed by atoms with E-state index >= 15 is 0 Å². The number of nitrogens with zero attached hydrogens (tertiary/aromatic N) is 1. The van der Waals surface area contributed by atoms with Crippen molar-refractivity contribution in [1.82, 2.24) is 0 Å². The summed E-state index contributed by atoms with van der Waals surface area (Å²) in [5.74, 6) is 0. The third-order valence-corrected chi connectivity index (χ3v) is 3.96. The fourth-order valence-corrected chi connectivity index (χ4v) is 2.11. The Balaban J connectivity index is 2.33. The van der Waals surface area contributed by atoms with Crippen LogP contribution in [0.2, 0.25) is 0 Å². The summed E-state index contributed by atoms with van der Waals surface area (Å²) in [5, 5.41) is 3.13. The Hall–Kier alpha value is -2.00. The van der Waals surface area contributed by atoms with Gasteiger partial charge < -0.3 is 5.32 Å². The molecule has 0 aliphatic heterocycles. The van der Waals surface area contributed by atoms with Gasteiger partial charge in [-0.1, -0.05) is 30.8 Å². The topological polar surface area (TPSA) is 24.4 Å². The number of hydrogen-bond donors (Lipinski definition) is 1. The van der Waals surface area contributed by atoms with Crippen molar-refractivity contribution in [3.63, 3.8) is 0 Å². The van der Waals surface area contributed by atoms with Gasteiger partial charge in [-0.05, 0) is 48.1 Å². The number of nitrogens with one attached hydrogen (secondary N) is 1. The molecule has 108 valence electrons. The smallest absolute Gasteiger partial charge is 0.0665 e. The lowest BCUT2D eigenvalue weighted by molar-refractivity contribution is 1.40. The summed E-state index contributed by atoms with van der Waals surface area (Å²) >= 11 is 1.60. The van der Waals surface area contributed by atoms with Gasteiger partial charge in [-0.15, -0.1) is 11.8 Å². The summed E-state index contributed by atoms with van der Waals surface area (Å²) in [5.41, 5.74) is 5.62. The largest absolute Gasteiger partial charge is 0.388 e. The third kappa shape index (κ3) is 3.99. The number of aliphatic imine (C=N–C) groups is 1. The van der Waals surface area contributed by atoms with Crippen LogP contribution in [0.15, 0.2) is 58.9 Å². The second-order valence-electron chi connectivity index (χ2n) is 4.76. The molecule has 0 amide bonds. The molecule has 0 unspecified atom stereocenters. The maximum atomic E-state index is 4.54. The Bertz CT molecular complexity index is 657. The van der Waals surface area contributed by atoms with E-state index in [1.165, 1.54) is 11.1 Å². The second kappa shape index (κ2) is 7.14. The minimum Gasteiger partial charge on any atom is -0.388 e. The van der Waals surface area contributed by atoms with Gasteiger partial charge in [0.2, 0.25) is 0 Å². The summed E-state index contributed by atoms with van der Waals surface area (Å²) < 4.78 is 0. The van der Waals surface area contributed by atoms with E-state index in [9.17, 15) is 0 Å². The van der Waals surface area contributed by atoms with Gasteiger partial charge in [-0.2, -0.15) is 0 Å². The van der Waals surface area contributed by atoms with Gasteiger partial charge in [0.05, 0.1) is 5.69 Å². The van der Waals surface area contributed by atoms with Crippen LogP contribution in [0.3, 0.4) is 0 Å². The lowest BCUT2D eigenvalue weighted by Gasteiger charge is -2.07. The summed E-state index contributed by atoms with van der Waals surface area (Å²) in [6.45, 7) is 6.00. The second-order valence-corrected chi connectivity index (χ2v) is 5.69. The summed E-state index contributed by atoms with van der Waals surface area (Å²) in [4.78, 5) is 5.50. The zero-order valence-electron chi connectivity index (χ0n) is 12.7. The highest BCUT2D eigenvalue weighted by atomic mass is 32.2. The minimum atomic E-state index is 0.957. The predicted octanol–water partition coefficient (Wildman–Crippen LogP) is 5.28. The number of aryl methyl sites for hydroxylation is 1. The van der Waals surface area contributed by atoms with E-state index in [0.717, 1.165) is 21.8 Å². The highest BCUT2D eigenvalue weighted by molar-refractivity contribution is 8.03. The van der Waals surface area contributed by atoms with Crippen molar-refractivity contribution in [2.75, 3.05) is 18.6 Å². The number of anilines is 1. The molecule has 2 nitrogen and oxygen atoms in total. The fourth-order valence-electron chi connectivity index (χ4n) is 1.95. The number of benzene rings is 2. The third-order valence-electron chi connectivity index (χ3n) is 3.33. The fraction of sp³-hybridized carbons (Fsp3) is 0.167. The molecular weight excluding hydrogens is 276 g/mol. The summed E-state index contributed by atoms with van der Waals surface area (Å²) in [6.07, 6.45) is 3.82. The highest BCUT2D eigenvalue weighted by Crippen LogP contribution is 2.28. The van der Waals surface area contributed by atoms with Gasteiger partial charge in [-0.25, -0.2) is 0 Å². The molecule has 0 radical (unpaired) electrons. The van der Waals surface area contributed by atoms with Crippen molar-refractivity contribution in [2.24, 2.45) is 4.99 Å². The van der Waals surface area contributed by atoms with E-state index in [4.69, 9.17) is 0 Å². The van der Waals surface area contributed by atoms with Crippen LogP contribution in [0.1, 0.15) is 5.56 Å². The van der Waals surface area contributed by atoms with Gasteiger partial charge in [0.1, 0.15) is 0 Å². The van der Waals surface area contributed by atoms with Crippen LogP contribution in [0.4, 0.5) is 11.4 Å². The monoisotopic (exact) mass is 296 g/mol. The van der Waals surface area contributed by atoms with E-state index in [2.05, 4.69) is 66.3 Å². The van der Waals surface area contributed by atoms with E-state index < -0.39 is 0 Å². The average Bonchev–Trinajstić information content (AvgIpc) is 2.54. The number of hydrogen-bond acceptors (Lipinski definition) is 3. The van der Waals surface area contributed by atoms with Crippen LogP contribution in [0.25, 0.3) is 11.1 Å². The first kappa shape index (κ1) is 15.4. The molecule has 1 N–H and O–H groups in total. The zero-order valence-corrected chi connectivity index (χ0v) is 13.5. The van der Waals surface area contributed by atoms with Crippen LogP contribution >= 0.6 is 11.8 Å². The molecular formula is C18H20N2S. The number of allylic oxidation sites excluding steroid dienone is 1. The first-order valence-corrected chi connectivity index (χ1v) is 8.02. The molecule has 2 rings (SSSR count). The van der Waals surface area contributed by atoms with Crippen molar-refractivity contribution in [2.45, 2.75) is 6.92 Å². The van der Waals surface area contributed by atoms with Gasteiger partial charge in [0.25, 0.3) is 0 Å². The molecule has 0 fully saturated rings. The van der Waals surface area contributed by atoms with E-state index in [-0.39, 0.29) is 0 Å². The van der Waals surface area contributed by atoms with Crippen molar-refractivity contribution in [3.05, 3.63) is 59.5 Å². The van der Waals surface area contributed by atoms with Gasteiger partial charge in [-0.3, -0.25) is 4.99 Å². The first-order valence-electron chi connectivity index (χ1n) is 6.80. The molecule has 0 spiro atoms. The Morgan fingerprint density at radius 1 is 1.14 bits per heavy atom. The maximum absolute atomic E-state index is 4.54. The molecule has 3 heteroatoms. The normalized spacial score (nSPS) is 10.8. The summed E-state index contributed by atoms with van der Waals surface area (Å²) in [7, 11) is 1.92. The van der Waals surface area contributed by atoms with E-state index in [0.29, 0.717) is 0 Å². The molecule has 0 aliphatic carbocycles. The first-order chi connectivity index (χ1) is 10.1. The lowest BCUT2D eigenvalue weighted by atomic mass is 10.0. The van der Waals surface area contributed by atoms with Gasteiger partial charge >= 0.3 is 0 Å². The Morgan fingerprint density at radius 3 is 2.43 bits per heavy atom. The molecule has 2 aromatic carbocycles. The number of rotatable bonds is 5. The van der Waals surface area contributed by atoms with E-state index in [1.54, 1.807) is 11.8 Å². The number of thioether (sulfide) groups is 1. The maximum Gasteiger partial charge on any atom is 0.0665 e. The van der Waals surface area contributed by atoms with Crippen molar-refractivity contribution in [3.8, 4) is 11.1 Å². The molecule has 2 aromatic rings.